The first-order valence-corrected chi connectivity index (χ1v) is 7.28. The predicted octanol–water partition coefficient (Wildman–Crippen LogP) is 1.45. The van der Waals surface area contributed by atoms with Crippen molar-refractivity contribution in [1.82, 2.24) is 28.8 Å². The van der Waals surface area contributed by atoms with Gasteiger partial charge in [-0.25, -0.2) is 15.0 Å². The first-order chi connectivity index (χ1) is 10.3. The molecular weight excluding hydrogens is 264 g/mol. The summed E-state index contributed by atoms with van der Waals surface area (Å²) in [7, 11) is 2.05. The van der Waals surface area contributed by atoms with Gasteiger partial charge in [-0.05, 0) is 19.0 Å². The zero-order valence-corrected chi connectivity index (χ0v) is 12.1. The van der Waals surface area contributed by atoms with Gasteiger partial charge in [0.25, 0.3) is 0 Å². The van der Waals surface area contributed by atoms with E-state index in [1.807, 2.05) is 38.0 Å². The molecule has 1 saturated heterocycles. The molecule has 0 spiro atoms. The van der Waals surface area contributed by atoms with Crippen molar-refractivity contribution in [3.63, 3.8) is 0 Å². The van der Waals surface area contributed by atoms with E-state index < -0.39 is 0 Å². The lowest BCUT2D eigenvalue weighted by Crippen LogP contribution is -2.22. The number of hydrogen-bond acceptors (Lipinski definition) is 4. The van der Waals surface area contributed by atoms with Crippen LogP contribution in [0.2, 0.25) is 0 Å². The maximum Gasteiger partial charge on any atom is 0.233 e. The van der Waals surface area contributed by atoms with Crippen molar-refractivity contribution in [2.75, 3.05) is 13.1 Å². The van der Waals surface area contributed by atoms with Crippen LogP contribution in [0.1, 0.15) is 23.9 Å². The highest BCUT2D eigenvalue weighted by Crippen LogP contribution is 2.27. The first kappa shape index (κ1) is 12.5. The molecular formula is C15H18N6. The third-order valence-corrected chi connectivity index (χ3v) is 4.31. The fourth-order valence-corrected chi connectivity index (χ4v) is 3.15. The van der Waals surface area contributed by atoms with Crippen LogP contribution >= 0.6 is 0 Å². The molecule has 0 N–H and O–H groups in total. The van der Waals surface area contributed by atoms with Crippen LogP contribution in [0, 0.1) is 0 Å². The molecule has 108 valence electrons. The Balaban J connectivity index is 1.54. The largest absolute Gasteiger partial charge is 0.337 e. The molecule has 1 atom stereocenters. The van der Waals surface area contributed by atoms with Gasteiger partial charge in [-0.15, -0.1) is 0 Å². The highest BCUT2D eigenvalue weighted by atomic mass is 15.2. The Morgan fingerprint density at radius 2 is 2.00 bits per heavy atom. The third kappa shape index (κ3) is 2.21. The molecule has 4 rings (SSSR count). The molecule has 0 amide bonds. The van der Waals surface area contributed by atoms with Crippen LogP contribution in [0.4, 0.5) is 0 Å². The normalized spacial score (nSPS) is 19.6. The van der Waals surface area contributed by atoms with Crippen molar-refractivity contribution in [2.45, 2.75) is 18.9 Å². The zero-order chi connectivity index (χ0) is 14.2. The molecule has 0 bridgehead atoms. The highest BCUT2D eigenvalue weighted by molar-refractivity contribution is 5.31. The number of imidazole rings is 2. The van der Waals surface area contributed by atoms with Gasteiger partial charge in [0, 0.05) is 56.2 Å². The van der Waals surface area contributed by atoms with Gasteiger partial charge in [0.05, 0.1) is 6.54 Å². The summed E-state index contributed by atoms with van der Waals surface area (Å²) in [6.07, 6.45) is 10.7. The summed E-state index contributed by atoms with van der Waals surface area (Å²) < 4.78 is 4.20. The van der Waals surface area contributed by atoms with Gasteiger partial charge in [-0.2, -0.15) is 0 Å². The topological polar surface area (TPSA) is 51.2 Å². The lowest BCUT2D eigenvalue weighted by atomic mass is 10.0. The van der Waals surface area contributed by atoms with E-state index in [4.69, 9.17) is 0 Å². The van der Waals surface area contributed by atoms with E-state index >= 15 is 0 Å². The number of likely N-dealkylation sites (tertiary alicyclic amines) is 1. The van der Waals surface area contributed by atoms with Crippen molar-refractivity contribution >= 4 is 5.78 Å². The number of hydrogen-bond donors (Lipinski definition) is 0. The number of aryl methyl sites for hydroxylation is 1. The Morgan fingerprint density at radius 1 is 1.14 bits per heavy atom. The van der Waals surface area contributed by atoms with Crippen LogP contribution in [-0.2, 0) is 13.6 Å². The molecule has 0 radical (unpaired) electrons. The summed E-state index contributed by atoms with van der Waals surface area (Å²) in [5, 5.41) is 0. The smallest absolute Gasteiger partial charge is 0.233 e. The first-order valence-electron chi connectivity index (χ1n) is 7.28. The van der Waals surface area contributed by atoms with Gasteiger partial charge in [0.15, 0.2) is 0 Å². The second-order valence-corrected chi connectivity index (χ2v) is 5.64. The summed E-state index contributed by atoms with van der Waals surface area (Å²) in [5.41, 5.74) is 1.31. The van der Waals surface area contributed by atoms with E-state index in [1.165, 1.54) is 12.1 Å². The second kappa shape index (κ2) is 4.96. The summed E-state index contributed by atoms with van der Waals surface area (Å²) in [4.78, 5) is 15.4. The average Bonchev–Trinajstić information content (AvgIpc) is 3.21. The minimum Gasteiger partial charge on any atom is -0.337 e. The molecule has 21 heavy (non-hydrogen) atoms. The van der Waals surface area contributed by atoms with Gasteiger partial charge < -0.3 is 4.57 Å². The van der Waals surface area contributed by atoms with Crippen molar-refractivity contribution < 1.29 is 0 Å². The molecule has 0 aliphatic carbocycles. The van der Waals surface area contributed by atoms with E-state index in [0.717, 1.165) is 31.2 Å². The minimum absolute atomic E-state index is 0.532. The van der Waals surface area contributed by atoms with E-state index in [9.17, 15) is 0 Å². The molecule has 0 unspecified atom stereocenters. The molecule has 3 aromatic rings. The quantitative estimate of drug-likeness (QED) is 0.729. The van der Waals surface area contributed by atoms with E-state index in [-0.39, 0.29) is 0 Å². The van der Waals surface area contributed by atoms with Crippen LogP contribution in [0.3, 0.4) is 0 Å². The molecule has 1 aliphatic heterocycles. The van der Waals surface area contributed by atoms with Crippen LogP contribution < -0.4 is 0 Å². The van der Waals surface area contributed by atoms with E-state index in [0.29, 0.717) is 5.92 Å². The Kier molecular flexibility index (Phi) is 2.96. The number of aromatic nitrogens is 5. The molecule has 6 heteroatoms. The number of rotatable bonds is 3. The standard InChI is InChI=1S/C15H18N6/c1-19-8-5-16-14(19)11-20-7-3-12(10-20)13-2-4-17-15-18-6-9-21(13)15/h2,4-6,8-9,12H,3,7,10-11H2,1H3/t12-/m0/s1. The third-order valence-electron chi connectivity index (χ3n) is 4.31. The maximum absolute atomic E-state index is 4.41. The van der Waals surface area contributed by atoms with Crippen LogP contribution in [0.25, 0.3) is 5.78 Å². The summed E-state index contributed by atoms with van der Waals surface area (Å²) in [5.74, 6) is 2.44. The highest BCUT2D eigenvalue weighted by Gasteiger charge is 2.26. The van der Waals surface area contributed by atoms with Gasteiger partial charge in [-0.1, -0.05) is 0 Å². The van der Waals surface area contributed by atoms with E-state index in [1.54, 1.807) is 0 Å². The lowest BCUT2D eigenvalue weighted by molar-refractivity contribution is 0.314. The fraction of sp³-hybridized carbons (Fsp3) is 0.400. The lowest BCUT2D eigenvalue weighted by Gasteiger charge is -2.16. The van der Waals surface area contributed by atoms with Gasteiger partial charge in [-0.3, -0.25) is 9.30 Å². The van der Waals surface area contributed by atoms with Crippen LogP contribution in [-0.4, -0.2) is 41.9 Å². The van der Waals surface area contributed by atoms with Crippen LogP contribution in [0.15, 0.2) is 37.1 Å². The second-order valence-electron chi connectivity index (χ2n) is 5.64. The Hall–Kier alpha value is -2.21. The predicted molar refractivity (Wildman–Crippen MR) is 78.8 cm³/mol. The molecule has 3 aromatic heterocycles. The zero-order valence-electron chi connectivity index (χ0n) is 12.1. The Bertz CT molecular complexity index is 758. The average molecular weight is 282 g/mol. The van der Waals surface area contributed by atoms with Gasteiger partial charge in [0.1, 0.15) is 5.82 Å². The van der Waals surface area contributed by atoms with Crippen molar-refractivity contribution in [1.29, 1.82) is 0 Å². The molecule has 0 saturated carbocycles. The van der Waals surface area contributed by atoms with Crippen molar-refractivity contribution in [3.8, 4) is 0 Å². The fourth-order valence-electron chi connectivity index (χ4n) is 3.15. The SMILES string of the molecule is Cn1ccnc1CN1CC[C@H](c2ccnc3nccn23)C1. The van der Waals surface area contributed by atoms with Gasteiger partial charge in [0.2, 0.25) is 5.78 Å². The molecule has 1 aliphatic rings. The Morgan fingerprint density at radius 3 is 2.86 bits per heavy atom. The molecule has 0 aromatic carbocycles. The summed E-state index contributed by atoms with van der Waals surface area (Å²) in [6.45, 7) is 3.08. The Labute approximate surface area is 123 Å². The monoisotopic (exact) mass is 282 g/mol. The molecule has 1 fully saturated rings. The minimum atomic E-state index is 0.532. The van der Waals surface area contributed by atoms with E-state index in [2.05, 4.69) is 34.9 Å². The number of fused-ring (bicyclic) bond motifs is 1. The van der Waals surface area contributed by atoms with Gasteiger partial charge >= 0.3 is 0 Å². The molecule has 6 nitrogen and oxygen atoms in total. The maximum atomic E-state index is 4.41. The van der Waals surface area contributed by atoms with Crippen LogP contribution in [0.5, 0.6) is 0 Å². The number of nitrogens with zero attached hydrogens (tertiary/aromatic N) is 6. The summed E-state index contributed by atoms with van der Waals surface area (Å²) >= 11 is 0. The van der Waals surface area contributed by atoms with Crippen molar-refractivity contribution in [3.05, 3.63) is 48.6 Å². The molecule has 4 heterocycles. The summed E-state index contributed by atoms with van der Waals surface area (Å²) in [6, 6.07) is 2.11. The van der Waals surface area contributed by atoms with Crippen molar-refractivity contribution in [2.24, 2.45) is 7.05 Å².